The molecule has 0 atom stereocenters. The van der Waals surface area contributed by atoms with E-state index < -0.39 is 0 Å². The van der Waals surface area contributed by atoms with Gasteiger partial charge in [0.15, 0.2) is 0 Å². The van der Waals surface area contributed by atoms with Crippen LogP contribution in [0.1, 0.15) is 26.0 Å². The number of esters is 1. The van der Waals surface area contributed by atoms with Crippen LogP contribution < -0.4 is 4.90 Å². The molecule has 1 heterocycles. The van der Waals surface area contributed by atoms with Gasteiger partial charge in [-0.2, -0.15) is 0 Å². The second-order valence-electron chi connectivity index (χ2n) is 3.74. The van der Waals surface area contributed by atoms with E-state index in [1.54, 1.807) is 6.92 Å². The van der Waals surface area contributed by atoms with Crippen molar-refractivity contribution in [1.29, 1.82) is 0 Å². The van der Waals surface area contributed by atoms with Crippen LogP contribution in [-0.2, 0) is 9.53 Å². The maximum Gasteiger partial charge on any atom is 0.325 e. The van der Waals surface area contributed by atoms with E-state index >= 15 is 0 Å². The van der Waals surface area contributed by atoms with Crippen molar-refractivity contribution in [2.75, 3.05) is 24.6 Å². The van der Waals surface area contributed by atoms with Gasteiger partial charge in [-0.25, -0.2) is 9.97 Å². The van der Waals surface area contributed by atoms with E-state index in [-0.39, 0.29) is 12.5 Å². The lowest BCUT2D eigenvalue weighted by atomic mass is 10.3. The van der Waals surface area contributed by atoms with Gasteiger partial charge >= 0.3 is 5.97 Å². The lowest BCUT2D eigenvalue weighted by Gasteiger charge is -2.21. The number of hydrogen-bond acceptors (Lipinski definition) is 5. The predicted octanol–water partition coefficient (Wildman–Crippen LogP) is 1.56. The Morgan fingerprint density at radius 1 is 1.41 bits per heavy atom. The molecular weight excluding hydrogens is 218 g/mol. The number of aryl methyl sites for hydroxylation is 1. The smallest absolute Gasteiger partial charge is 0.325 e. The molecule has 0 aromatic carbocycles. The third-order valence-corrected chi connectivity index (χ3v) is 2.23. The van der Waals surface area contributed by atoms with Crippen molar-refractivity contribution >= 4 is 11.8 Å². The summed E-state index contributed by atoms with van der Waals surface area (Å²) < 4.78 is 4.95. The number of anilines is 1. The molecule has 0 aliphatic carbocycles. The summed E-state index contributed by atoms with van der Waals surface area (Å²) in [6.45, 7) is 7.18. The van der Waals surface area contributed by atoms with Crippen molar-refractivity contribution in [3.8, 4) is 0 Å². The van der Waals surface area contributed by atoms with E-state index in [2.05, 4.69) is 16.9 Å². The molecule has 0 bridgehead atoms. The Hall–Kier alpha value is -1.65. The molecule has 1 aromatic heterocycles. The van der Waals surface area contributed by atoms with E-state index in [0.29, 0.717) is 6.61 Å². The molecule has 0 N–H and O–H groups in total. The summed E-state index contributed by atoms with van der Waals surface area (Å²) in [7, 11) is 0. The fraction of sp³-hybridized carbons (Fsp3) is 0.583. The first-order chi connectivity index (χ1) is 8.17. The van der Waals surface area contributed by atoms with Gasteiger partial charge in [0.05, 0.1) is 6.61 Å². The Morgan fingerprint density at radius 3 is 2.76 bits per heavy atom. The molecule has 0 fully saturated rings. The van der Waals surface area contributed by atoms with E-state index in [1.807, 2.05) is 17.9 Å². The maximum atomic E-state index is 11.5. The molecule has 0 saturated heterocycles. The molecule has 5 heteroatoms. The molecule has 0 spiro atoms. The number of rotatable bonds is 6. The number of nitrogens with zero attached hydrogens (tertiary/aromatic N) is 3. The van der Waals surface area contributed by atoms with E-state index in [4.69, 9.17) is 4.74 Å². The Balaban J connectivity index is 2.74. The van der Waals surface area contributed by atoms with Gasteiger partial charge < -0.3 is 9.64 Å². The summed E-state index contributed by atoms with van der Waals surface area (Å²) in [6.07, 6.45) is 2.46. The van der Waals surface area contributed by atoms with Crippen molar-refractivity contribution in [3.63, 3.8) is 0 Å². The molecule has 0 aliphatic rings. The van der Waals surface area contributed by atoms with E-state index in [1.165, 1.54) is 6.33 Å². The lowest BCUT2D eigenvalue weighted by Crippen LogP contribution is -2.32. The van der Waals surface area contributed by atoms with Crippen molar-refractivity contribution in [2.24, 2.45) is 0 Å². The number of carbonyl (C=O) groups is 1. The van der Waals surface area contributed by atoms with Gasteiger partial charge in [-0.15, -0.1) is 0 Å². The summed E-state index contributed by atoms with van der Waals surface area (Å²) >= 11 is 0. The molecule has 5 nitrogen and oxygen atoms in total. The first-order valence-corrected chi connectivity index (χ1v) is 5.86. The molecule has 0 unspecified atom stereocenters. The first kappa shape index (κ1) is 13.4. The Kier molecular flexibility index (Phi) is 5.39. The highest BCUT2D eigenvalue weighted by Crippen LogP contribution is 2.11. The Bertz CT molecular complexity index is 369. The third-order valence-electron chi connectivity index (χ3n) is 2.23. The van der Waals surface area contributed by atoms with Crippen molar-refractivity contribution in [3.05, 3.63) is 18.1 Å². The Morgan fingerprint density at radius 2 is 2.18 bits per heavy atom. The fourth-order valence-corrected chi connectivity index (χ4v) is 1.52. The second kappa shape index (κ2) is 6.83. The maximum absolute atomic E-state index is 11.5. The highest BCUT2D eigenvalue weighted by Gasteiger charge is 2.12. The molecule has 94 valence electrons. The molecule has 0 aliphatic heterocycles. The zero-order valence-corrected chi connectivity index (χ0v) is 10.6. The minimum Gasteiger partial charge on any atom is -0.465 e. The van der Waals surface area contributed by atoms with Crippen LogP contribution in [0.15, 0.2) is 12.4 Å². The molecule has 0 saturated carbocycles. The van der Waals surface area contributed by atoms with Crippen LogP contribution in [0.4, 0.5) is 5.82 Å². The third kappa shape index (κ3) is 4.38. The van der Waals surface area contributed by atoms with E-state index in [0.717, 1.165) is 24.5 Å². The van der Waals surface area contributed by atoms with Crippen LogP contribution in [0.3, 0.4) is 0 Å². The predicted molar refractivity (Wildman–Crippen MR) is 65.9 cm³/mol. The number of hydrogen-bond donors (Lipinski definition) is 0. The molecule has 0 radical (unpaired) electrons. The van der Waals surface area contributed by atoms with Crippen molar-refractivity contribution in [1.82, 2.24) is 9.97 Å². The SMILES string of the molecule is CCCN(CC(=O)OCC)c1cc(C)ncn1. The standard InChI is InChI=1S/C12H19N3O2/c1-4-6-15(8-12(16)17-5-2)11-7-10(3)13-9-14-11/h7,9H,4-6,8H2,1-3H3. The molecule has 1 rings (SSSR count). The highest BCUT2D eigenvalue weighted by molar-refractivity contribution is 5.75. The van der Waals surface area contributed by atoms with Gasteiger partial charge in [0.2, 0.25) is 0 Å². The van der Waals surface area contributed by atoms with Gasteiger partial charge in [0.1, 0.15) is 18.7 Å². The minimum absolute atomic E-state index is 0.225. The zero-order chi connectivity index (χ0) is 12.7. The summed E-state index contributed by atoms with van der Waals surface area (Å²) in [4.78, 5) is 21.6. The summed E-state index contributed by atoms with van der Waals surface area (Å²) in [6, 6.07) is 1.87. The molecular formula is C12H19N3O2. The van der Waals surface area contributed by atoms with Gasteiger partial charge in [0.25, 0.3) is 0 Å². The molecule has 1 aromatic rings. The minimum atomic E-state index is -0.225. The average molecular weight is 237 g/mol. The summed E-state index contributed by atoms with van der Waals surface area (Å²) in [5, 5.41) is 0. The van der Waals surface area contributed by atoms with Gasteiger partial charge in [0, 0.05) is 18.3 Å². The van der Waals surface area contributed by atoms with Crippen LogP contribution in [0.2, 0.25) is 0 Å². The summed E-state index contributed by atoms with van der Waals surface area (Å²) in [5.74, 6) is 0.546. The monoisotopic (exact) mass is 237 g/mol. The van der Waals surface area contributed by atoms with Crippen LogP contribution >= 0.6 is 0 Å². The largest absolute Gasteiger partial charge is 0.465 e. The van der Waals surface area contributed by atoms with Crippen LogP contribution in [0.5, 0.6) is 0 Å². The van der Waals surface area contributed by atoms with Crippen molar-refractivity contribution < 1.29 is 9.53 Å². The normalized spacial score (nSPS) is 10.1. The van der Waals surface area contributed by atoms with Crippen LogP contribution in [-0.4, -0.2) is 35.6 Å². The number of ether oxygens (including phenoxy) is 1. The summed E-state index contributed by atoms with van der Waals surface area (Å²) in [5.41, 5.74) is 0.889. The fourth-order valence-electron chi connectivity index (χ4n) is 1.52. The average Bonchev–Trinajstić information content (AvgIpc) is 2.29. The highest BCUT2D eigenvalue weighted by atomic mass is 16.5. The quantitative estimate of drug-likeness (QED) is 0.703. The van der Waals surface area contributed by atoms with Gasteiger partial charge in [-0.3, -0.25) is 4.79 Å². The lowest BCUT2D eigenvalue weighted by molar-refractivity contribution is -0.141. The van der Waals surface area contributed by atoms with E-state index in [9.17, 15) is 4.79 Å². The Labute approximate surface area is 102 Å². The topological polar surface area (TPSA) is 55.3 Å². The molecule has 17 heavy (non-hydrogen) atoms. The second-order valence-corrected chi connectivity index (χ2v) is 3.74. The first-order valence-electron chi connectivity index (χ1n) is 5.86. The zero-order valence-electron chi connectivity index (χ0n) is 10.6. The van der Waals surface area contributed by atoms with Crippen LogP contribution in [0.25, 0.3) is 0 Å². The number of carbonyl (C=O) groups excluding carboxylic acids is 1. The van der Waals surface area contributed by atoms with Crippen molar-refractivity contribution in [2.45, 2.75) is 27.2 Å². The van der Waals surface area contributed by atoms with Crippen LogP contribution in [0, 0.1) is 6.92 Å². The molecule has 0 amide bonds. The number of aromatic nitrogens is 2. The van der Waals surface area contributed by atoms with Gasteiger partial charge in [-0.1, -0.05) is 6.92 Å². The van der Waals surface area contributed by atoms with Gasteiger partial charge in [-0.05, 0) is 20.3 Å².